The second kappa shape index (κ2) is 9.03. The second-order valence-corrected chi connectivity index (χ2v) is 11.2. The van der Waals surface area contributed by atoms with Crippen LogP contribution in [0.25, 0.3) is 22.2 Å². The van der Waals surface area contributed by atoms with Crippen molar-refractivity contribution in [3.63, 3.8) is 0 Å². The fourth-order valence-corrected chi connectivity index (χ4v) is 7.20. The monoisotopic (exact) mass is 485 g/mol. The molecule has 0 bridgehead atoms. The van der Waals surface area contributed by atoms with Crippen LogP contribution >= 0.6 is 0 Å². The van der Waals surface area contributed by atoms with E-state index in [-0.39, 0.29) is 29.1 Å². The largest absolute Gasteiger partial charge is 0.494 e. The van der Waals surface area contributed by atoms with Crippen molar-refractivity contribution in [3.8, 4) is 22.8 Å². The van der Waals surface area contributed by atoms with Crippen LogP contribution in [0, 0.1) is 17.7 Å². The van der Waals surface area contributed by atoms with E-state index in [0.717, 1.165) is 29.2 Å². The molecule has 3 heterocycles. The van der Waals surface area contributed by atoms with Crippen molar-refractivity contribution >= 4 is 26.4 Å². The van der Waals surface area contributed by atoms with Gasteiger partial charge in [-0.3, -0.25) is 0 Å². The van der Waals surface area contributed by atoms with Gasteiger partial charge < -0.3 is 19.7 Å². The van der Waals surface area contributed by atoms with Crippen LogP contribution in [0.15, 0.2) is 42.5 Å². The Bertz CT molecular complexity index is 1290. The molecule has 9 heteroatoms. The van der Waals surface area contributed by atoms with Crippen molar-refractivity contribution in [1.82, 2.24) is 10.3 Å². The molecule has 1 N–H and O–H groups in total. The van der Waals surface area contributed by atoms with Crippen molar-refractivity contribution in [2.24, 2.45) is 11.8 Å². The fourth-order valence-electron chi connectivity index (χ4n) is 5.00. The number of nitrogens with one attached hydrogen (secondary N) is 1. The summed E-state index contributed by atoms with van der Waals surface area (Å²) in [5, 5.41) is 3.74. The van der Waals surface area contributed by atoms with Crippen LogP contribution in [0.5, 0.6) is 11.5 Å². The highest BCUT2D eigenvalue weighted by molar-refractivity contribution is 7.91. The van der Waals surface area contributed by atoms with Crippen LogP contribution in [0.2, 0.25) is 0 Å². The summed E-state index contributed by atoms with van der Waals surface area (Å²) in [7, 11) is 0.348. The summed E-state index contributed by atoms with van der Waals surface area (Å²) in [6, 6.07) is 12.8. The molecule has 2 aliphatic heterocycles. The fraction of sp³-hybridized carbons (Fsp3) is 0.400. The molecule has 2 fully saturated rings. The van der Waals surface area contributed by atoms with Gasteiger partial charge in [0.05, 0.1) is 29.8 Å². The Labute approximate surface area is 198 Å². The number of likely N-dealkylation sites (N-methyl/N-ethyl adjacent to an activating group) is 1. The minimum atomic E-state index is -2.96. The van der Waals surface area contributed by atoms with Gasteiger partial charge in [-0.15, -0.1) is 0 Å². The van der Waals surface area contributed by atoms with Crippen molar-refractivity contribution in [3.05, 3.63) is 48.3 Å². The number of fused-ring (bicyclic) bond motifs is 2. The number of nitrogens with zero attached hydrogens (tertiary/aromatic N) is 2. The molecule has 5 rings (SSSR count). The first kappa shape index (κ1) is 22.9. The van der Waals surface area contributed by atoms with Gasteiger partial charge in [0.15, 0.2) is 21.4 Å². The molecule has 0 radical (unpaired) electrons. The molecule has 2 unspecified atom stereocenters. The van der Waals surface area contributed by atoms with Gasteiger partial charge in [-0.1, -0.05) is 0 Å². The molecule has 2 aliphatic rings. The number of ether oxygens (including phenoxy) is 2. The topological polar surface area (TPSA) is 80.8 Å². The Kier molecular flexibility index (Phi) is 6.07. The smallest absolute Gasteiger partial charge is 0.165 e. The van der Waals surface area contributed by atoms with Gasteiger partial charge in [-0.2, -0.15) is 0 Å². The maximum Gasteiger partial charge on any atom is 0.165 e. The molecule has 1 aromatic heterocycles. The Morgan fingerprint density at radius 2 is 1.82 bits per heavy atom. The zero-order chi connectivity index (χ0) is 23.9. The molecule has 7 nitrogen and oxygen atoms in total. The van der Waals surface area contributed by atoms with E-state index < -0.39 is 15.7 Å². The van der Waals surface area contributed by atoms with Crippen molar-refractivity contribution in [2.45, 2.75) is 0 Å². The summed E-state index contributed by atoms with van der Waals surface area (Å²) < 4.78 is 49.7. The summed E-state index contributed by atoms with van der Waals surface area (Å²) >= 11 is 0. The number of hydrogen-bond acceptors (Lipinski definition) is 7. The maximum atomic E-state index is 14.6. The second-order valence-electron chi connectivity index (χ2n) is 9.01. The average molecular weight is 486 g/mol. The molecule has 34 heavy (non-hydrogen) atoms. The Balaban J connectivity index is 1.53. The highest BCUT2D eigenvalue weighted by Crippen LogP contribution is 2.40. The number of pyridine rings is 1. The zero-order valence-electron chi connectivity index (χ0n) is 19.3. The predicted octanol–water partition coefficient (Wildman–Crippen LogP) is 3.13. The van der Waals surface area contributed by atoms with E-state index >= 15 is 0 Å². The molecule has 3 aromatic rings. The Morgan fingerprint density at radius 3 is 2.47 bits per heavy atom. The quantitative estimate of drug-likeness (QED) is 0.515. The normalized spacial score (nSPS) is 21.1. The van der Waals surface area contributed by atoms with E-state index in [4.69, 9.17) is 14.5 Å². The Hall–Kier alpha value is -2.91. The lowest BCUT2D eigenvalue weighted by atomic mass is 10.0. The third-order valence-electron chi connectivity index (χ3n) is 6.68. The van der Waals surface area contributed by atoms with E-state index in [1.807, 2.05) is 37.4 Å². The van der Waals surface area contributed by atoms with Gasteiger partial charge in [0, 0.05) is 42.3 Å². The van der Waals surface area contributed by atoms with E-state index in [2.05, 4.69) is 10.2 Å². The minimum absolute atomic E-state index is 0.105. The average Bonchev–Trinajstić information content (AvgIpc) is 3.32. The molecular weight excluding hydrogens is 457 g/mol. The van der Waals surface area contributed by atoms with Gasteiger partial charge in [-0.25, -0.2) is 17.8 Å². The highest BCUT2D eigenvalue weighted by Gasteiger charge is 2.44. The summed E-state index contributed by atoms with van der Waals surface area (Å²) in [4.78, 5) is 6.99. The number of hydrogen-bond donors (Lipinski definition) is 1. The van der Waals surface area contributed by atoms with Gasteiger partial charge >= 0.3 is 0 Å². The summed E-state index contributed by atoms with van der Waals surface area (Å²) in [5.74, 6) is 1.12. The van der Waals surface area contributed by atoms with E-state index in [1.165, 1.54) is 13.2 Å². The van der Waals surface area contributed by atoms with Crippen LogP contribution in [-0.4, -0.2) is 65.3 Å². The molecule has 2 atom stereocenters. The number of sulfone groups is 1. The lowest BCUT2D eigenvalue weighted by Gasteiger charge is -2.23. The molecule has 2 aromatic carbocycles. The first-order chi connectivity index (χ1) is 16.4. The number of methoxy groups -OCH3 is 1. The standard InChI is InChI=1S/C25H28FN3O4S/c1-27-7-8-33-19-5-3-16(4-6-19)22-10-24(20-9-21(26)25(32-2)11-23(20)28-22)29-12-17-14-34(30,31)15-18(17)13-29/h3-6,9-11,17-18,27H,7-8,12-15H2,1-2H3. The summed E-state index contributed by atoms with van der Waals surface area (Å²) in [5.41, 5.74) is 3.16. The number of anilines is 1. The molecule has 0 saturated carbocycles. The van der Waals surface area contributed by atoms with Crippen molar-refractivity contribution in [1.29, 1.82) is 0 Å². The lowest BCUT2D eigenvalue weighted by molar-refractivity contribution is 0.318. The third kappa shape index (κ3) is 4.42. The molecule has 180 valence electrons. The third-order valence-corrected chi connectivity index (χ3v) is 8.56. The highest BCUT2D eigenvalue weighted by atomic mass is 32.2. The van der Waals surface area contributed by atoms with Gasteiger partial charge in [0.25, 0.3) is 0 Å². The number of benzene rings is 2. The van der Waals surface area contributed by atoms with Gasteiger partial charge in [0.1, 0.15) is 12.4 Å². The first-order valence-electron chi connectivity index (χ1n) is 11.4. The minimum Gasteiger partial charge on any atom is -0.494 e. The zero-order valence-corrected chi connectivity index (χ0v) is 20.1. The van der Waals surface area contributed by atoms with Crippen LogP contribution in [0.4, 0.5) is 10.1 Å². The molecule has 0 spiro atoms. The molecule has 0 aliphatic carbocycles. The SMILES string of the molecule is CNCCOc1ccc(-c2cc(N3CC4CS(=O)(=O)CC4C3)c3cc(F)c(OC)cc3n2)cc1. The van der Waals surface area contributed by atoms with E-state index in [9.17, 15) is 12.8 Å². The first-order valence-corrected chi connectivity index (χ1v) is 13.2. The number of aromatic nitrogens is 1. The van der Waals surface area contributed by atoms with Crippen LogP contribution < -0.4 is 19.7 Å². The van der Waals surface area contributed by atoms with E-state index in [1.54, 1.807) is 6.07 Å². The molecule has 0 amide bonds. The van der Waals surface area contributed by atoms with Crippen LogP contribution in [0.3, 0.4) is 0 Å². The maximum absolute atomic E-state index is 14.6. The number of rotatable bonds is 7. The van der Waals surface area contributed by atoms with Crippen molar-refractivity contribution < 1.29 is 22.3 Å². The van der Waals surface area contributed by atoms with E-state index in [0.29, 0.717) is 30.6 Å². The predicted molar refractivity (Wildman–Crippen MR) is 131 cm³/mol. The van der Waals surface area contributed by atoms with Crippen LogP contribution in [0.1, 0.15) is 0 Å². The molecular formula is C25H28FN3O4S. The summed E-state index contributed by atoms with van der Waals surface area (Å²) in [6.07, 6.45) is 0. The van der Waals surface area contributed by atoms with Crippen LogP contribution in [-0.2, 0) is 9.84 Å². The van der Waals surface area contributed by atoms with Gasteiger partial charge in [0.2, 0.25) is 0 Å². The lowest BCUT2D eigenvalue weighted by Crippen LogP contribution is -2.24. The number of halogens is 1. The summed E-state index contributed by atoms with van der Waals surface area (Å²) in [6.45, 7) is 2.60. The molecule has 2 saturated heterocycles. The van der Waals surface area contributed by atoms with Gasteiger partial charge in [-0.05, 0) is 55.3 Å². The van der Waals surface area contributed by atoms with Crippen molar-refractivity contribution in [2.75, 3.05) is 56.8 Å². The Morgan fingerprint density at radius 1 is 1.12 bits per heavy atom.